The standard InChI is InChI=1S/C14H16N4O5/c1-8-13(19)18(14(20)17-16-8)15-7-9-5-6-10(21-2)12(23-4)11(9)22-3/h5-7H,1-4H3,(H,17,20)/b15-7+. The topological polar surface area (TPSA) is 108 Å². The Labute approximate surface area is 131 Å². The van der Waals surface area contributed by atoms with Crippen LogP contribution in [0.1, 0.15) is 11.3 Å². The van der Waals surface area contributed by atoms with Gasteiger partial charge < -0.3 is 14.2 Å². The summed E-state index contributed by atoms with van der Waals surface area (Å²) in [5.41, 5.74) is -0.715. The van der Waals surface area contributed by atoms with Gasteiger partial charge >= 0.3 is 5.69 Å². The third-order valence-electron chi connectivity index (χ3n) is 3.06. The van der Waals surface area contributed by atoms with Crippen LogP contribution in [0.25, 0.3) is 0 Å². The molecule has 0 bridgehead atoms. The summed E-state index contributed by atoms with van der Waals surface area (Å²) >= 11 is 0. The van der Waals surface area contributed by atoms with Gasteiger partial charge in [0.25, 0.3) is 5.56 Å². The minimum Gasteiger partial charge on any atom is -0.493 e. The molecule has 0 unspecified atom stereocenters. The van der Waals surface area contributed by atoms with E-state index >= 15 is 0 Å². The van der Waals surface area contributed by atoms with E-state index in [2.05, 4.69) is 15.3 Å². The van der Waals surface area contributed by atoms with Crippen LogP contribution in [-0.2, 0) is 0 Å². The van der Waals surface area contributed by atoms with Crippen molar-refractivity contribution in [1.82, 2.24) is 14.9 Å². The SMILES string of the molecule is COc1ccc(/C=N/n2c(=O)[nH]nc(C)c2=O)c(OC)c1OC. The molecule has 122 valence electrons. The van der Waals surface area contributed by atoms with Gasteiger partial charge in [0.1, 0.15) is 5.69 Å². The molecule has 0 aliphatic heterocycles. The van der Waals surface area contributed by atoms with Crippen LogP contribution in [0.4, 0.5) is 0 Å². The number of methoxy groups -OCH3 is 3. The minimum absolute atomic E-state index is 0.126. The highest BCUT2D eigenvalue weighted by atomic mass is 16.5. The van der Waals surface area contributed by atoms with E-state index in [1.54, 1.807) is 12.1 Å². The number of aromatic nitrogens is 3. The molecule has 2 rings (SSSR count). The molecule has 0 aliphatic rings. The van der Waals surface area contributed by atoms with Crippen LogP contribution in [0, 0.1) is 6.92 Å². The van der Waals surface area contributed by atoms with E-state index in [9.17, 15) is 9.59 Å². The van der Waals surface area contributed by atoms with Gasteiger partial charge in [-0.2, -0.15) is 10.2 Å². The Bertz CT molecular complexity index is 853. The Morgan fingerprint density at radius 1 is 1.13 bits per heavy atom. The van der Waals surface area contributed by atoms with Gasteiger partial charge in [-0.05, 0) is 19.1 Å². The molecule has 0 atom stereocenters. The molecule has 9 heteroatoms. The van der Waals surface area contributed by atoms with Crippen molar-refractivity contribution in [2.24, 2.45) is 5.10 Å². The van der Waals surface area contributed by atoms with Crippen LogP contribution in [0.15, 0.2) is 26.8 Å². The molecule has 0 spiro atoms. The lowest BCUT2D eigenvalue weighted by molar-refractivity contribution is 0.324. The van der Waals surface area contributed by atoms with Crippen LogP contribution in [0.3, 0.4) is 0 Å². The highest BCUT2D eigenvalue weighted by Crippen LogP contribution is 2.38. The number of hydrogen-bond acceptors (Lipinski definition) is 7. The normalized spacial score (nSPS) is 10.8. The maximum absolute atomic E-state index is 11.9. The molecule has 0 fully saturated rings. The summed E-state index contributed by atoms with van der Waals surface area (Å²) < 4.78 is 16.4. The lowest BCUT2D eigenvalue weighted by Crippen LogP contribution is -2.35. The van der Waals surface area contributed by atoms with Crippen LogP contribution < -0.4 is 25.5 Å². The molecule has 9 nitrogen and oxygen atoms in total. The largest absolute Gasteiger partial charge is 0.493 e. The van der Waals surface area contributed by atoms with Crippen molar-refractivity contribution < 1.29 is 14.2 Å². The van der Waals surface area contributed by atoms with Gasteiger partial charge in [-0.1, -0.05) is 0 Å². The molecule has 0 radical (unpaired) electrons. The molecule has 2 aromatic rings. The van der Waals surface area contributed by atoms with Crippen LogP contribution in [0.5, 0.6) is 17.2 Å². The number of aromatic amines is 1. The zero-order valence-electron chi connectivity index (χ0n) is 13.1. The van der Waals surface area contributed by atoms with Gasteiger partial charge in [-0.25, -0.2) is 9.89 Å². The second kappa shape index (κ2) is 6.77. The number of nitrogens with zero attached hydrogens (tertiary/aromatic N) is 3. The smallest absolute Gasteiger partial charge is 0.365 e. The number of nitrogens with one attached hydrogen (secondary N) is 1. The van der Waals surface area contributed by atoms with E-state index < -0.39 is 11.2 Å². The fourth-order valence-corrected chi connectivity index (χ4v) is 1.92. The quantitative estimate of drug-likeness (QED) is 0.786. The van der Waals surface area contributed by atoms with Gasteiger partial charge in [0.05, 0.1) is 27.5 Å². The Balaban J connectivity index is 2.55. The van der Waals surface area contributed by atoms with E-state index in [-0.39, 0.29) is 5.69 Å². The zero-order chi connectivity index (χ0) is 17.0. The predicted octanol–water partition coefficient (Wildman–Crippen LogP) is 0.148. The van der Waals surface area contributed by atoms with Crippen LogP contribution >= 0.6 is 0 Å². The second-order valence-electron chi connectivity index (χ2n) is 4.40. The van der Waals surface area contributed by atoms with Crippen molar-refractivity contribution >= 4 is 6.21 Å². The molecule has 23 heavy (non-hydrogen) atoms. The number of hydrogen-bond donors (Lipinski definition) is 1. The monoisotopic (exact) mass is 320 g/mol. The number of H-pyrrole nitrogens is 1. The fourth-order valence-electron chi connectivity index (χ4n) is 1.92. The third-order valence-corrected chi connectivity index (χ3v) is 3.06. The predicted molar refractivity (Wildman–Crippen MR) is 82.9 cm³/mol. The summed E-state index contributed by atoms with van der Waals surface area (Å²) in [5.74, 6) is 1.23. The van der Waals surface area contributed by atoms with Gasteiger partial charge in [0, 0.05) is 5.56 Å². The molecule has 1 heterocycles. The molecular formula is C14H16N4O5. The summed E-state index contributed by atoms with van der Waals surface area (Å²) in [5, 5.41) is 9.65. The van der Waals surface area contributed by atoms with Crippen molar-refractivity contribution in [3.05, 3.63) is 44.2 Å². The molecule has 0 saturated carbocycles. The Kier molecular flexibility index (Phi) is 4.79. The van der Waals surface area contributed by atoms with Crippen molar-refractivity contribution in [3.8, 4) is 17.2 Å². The van der Waals surface area contributed by atoms with Gasteiger partial charge in [-0.15, -0.1) is 4.68 Å². The molecule has 1 aromatic heterocycles. The highest BCUT2D eigenvalue weighted by molar-refractivity contribution is 5.86. The lowest BCUT2D eigenvalue weighted by atomic mass is 10.2. The van der Waals surface area contributed by atoms with E-state index in [0.717, 1.165) is 0 Å². The maximum Gasteiger partial charge on any atom is 0.365 e. The highest BCUT2D eigenvalue weighted by Gasteiger charge is 2.14. The zero-order valence-corrected chi connectivity index (χ0v) is 13.1. The Morgan fingerprint density at radius 3 is 2.43 bits per heavy atom. The van der Waals surface area contributed by atoms with Gasteiger partial charge in [0.2, 0.25) is 5.75 Å². The number of benzene rings is 1. The van der Waals surface area contributed by atoms with Crippen LogP contribution in [0.2, 0.25) is 0 Å². The Morgan fingerprint density at radius 2 is 1.83 bits per heavy atom. The third kappa shape index (κ3) is 3.07. The summed E-state index contributed by atoms with van der Waals surface area (Å²) in [6.07, 6.45) is 1.32. The van der Waals surface area contributed by atoms with Crippen LogP contribution in [-0.4, -0.2) is 42.4 Å². The van der Waals surface area contributed by atoms with E-state index in [4.69, 9.17) is 14.2 Å². The average Bonchev–Trinajstić information content (AvgIpc) is 2.57. The first kappa shape index (κ1) is 16.3. The molecule has 0 amide bonds. The molecule has 0 aliphatic carbocycles. The summed E-state index contributed by atoms with van der Waals surface area (Å²) in [6, 6.07) is 3.32. The first-order valence-corrected chi connectivity index (χ1v) is 6.55. The van der Waals surface area contributed by atoms with Crippen molar-refractivity contribution in [2.75, 3.05) is 21.3 Å². The fraction of sp³-hybridized carbons (Fsp3) is 0.286. The van der Waals surface area contributed by atoms with Gasteiger partial charge in [0.15, 0.2) is 11.5 Å². The first-order chi connectivity index (χ1) is 11.0. The summed E-state index contributed by atoms with van der Waals surface area (Å²) in [4.78, 5) is 23.5. The lowest BCUT2D eigenvalue weighted by Gasteiger charge is -2.13. The summed E-state index contributed by atoms with van der Waals surface area (Å²) in [6.45, 7) is 1.47. The second-order valence-corrected chi connectivity index (χ2v) is 4.40. The number of ether oxygens (including phenoxy) is 3. The van der Waals surface area contributed by atoms with Crippen molar-refractivity contribution in [2.45, 2.75) is 6.92 Å². The summed E-state index contributed by atoms with van der Waals surface area (Å²) in [7, 11) is 4.44. The van der Waals surface area contributed by atoms with E-state index in [1.807, 2.05) is 0 Å². The minimum atomic E-state index is -0.740. The molecular weight excluding hydrogens is 304 g/mol. The number of aryl methyl sites for hydroxylation is 1. The van der Waals surface area contributed by atoms with E-state index in [0.29, 0.717) is 27.5 Å². The average molecular weight is 320 g/mol. The van der Waals surface area contributed by atoms with Gasteiger partial charge in [-0.3, -0.25) is 4.79 Å². The molecule has 1 aromatic carbocycles. The van der Waals surface area contributed by atoms with Crippen molar-refractivity contribution in [1.29, 1.82) is 0 Å². The molecule has 1 N–H and O–H groups in total. The Hall–Kier alpha value is -3.10. The van der Waals surface area contributed by atoms with Crippen molar-refractivity contribution in [3.63, 3.8) is 0 Å². The molecule has 0 saturated heterocycles. The first-order valence-electron chi connectivity index (χ1n) is 6.55. The maximum atomic E-state index is 11.9. The van der Waals surface area contributed by atoms with E-state index in [1.165, 1.54) is 34.5 Å². The number of rotatable bonds is 5.